The molecule has 0 spiro atoms. The number of hydrogen-bond donors (Lipinski definition) is 0. The van der Waals surface area contributed by atoms with Crippen LogP contribution in [0.5, 0.6) is 5.75 Å². The summed E-state index contributed by atoms with van der Waals surface area (Å²) in [5.41, 5.74) is 1.67. The first-order valence-corrected chi connectivity index (χ1v) is 7.16. The van der Waals surface area contributed by atoms with E-state index in [2.05, 4.69) is 16.9 Å². The second-order valence-electron chi connectivity index (χ2n) is 4.54. The standard InChI is InChI=1S/C16H16ClFN2O/c1-20-12-14(11-19-20)5-7-21-16-9-13(4-2-3-6-17)8-15(18)10-16/h8-12H,3,5-7H2,1H3. The zero-order valence-electron chi connectivity index (χ0n) is 11.8. The van der Waals surface area contributed by atoms with Crippen LogP contribution in [0.1, 0.15) is 17.5 Å². The largest absolute Gasteiger partial charge is 0.493 e. The number of rotatable bonds is 5. The van der Waals surface area contributed by atoms with Gasteiger partial charge in [0.05, 0.1) is 12.8 Å². The van der Waals surface area contributed by atoms with Crippen molar-refractivity contribution >= 4 is 11.6 Å². The first-order chi connectivity index (χ1) is 10.2. The number of aryl methyl sites for hydroxylation is 1. The summed E-state index contributed by atoms with van der Waals surface area (Å²) < 4.78 is 20.8. The fraction of sp³-hybridized carbons (Fsp3) is 0.312. The number of hydrogen-bond acceptors (Lipinski definition) is 2. The summed E-state index contributed by atoms with van der Waals surface area (Å²) in [6.45, 7) is 0.462. The van der Waals surface area contributed by atoms with E-state index in [1.807, 2.05) is 13.2 Å². The van der Waals surface area contributed by atoms with Gasteiger partial charge in [-0.2, -0.15) is 5.10 Å². The van der Waals surface area contributed by atoms with Gasteiger partial charge in [-0.05, 0) is 17.7 Å². The second-order valence-corrected chi connectivity index (χ2v) is 4.92. The van der Waals surface area contributed by atoms with Crippen LogP contribution in [0, 0.1) is 17.7 Å². The van der Waals surface area contributed by atoms with Gasteiger partial charge in [0.2, 0.25) is 0 Å². The third-order valence-electron chi connectivity index (χ3n) is 2.74. The van der Waals surface area contributed by atoms with Crippen molar-refractivity contribution in [3.63, 3.8) is 0 Å². The fourth-order valence-electron chi connectivity index (χ4n) is 1.82. The minimum atomic E-state index is -0.357. The van der Waals surface area contributed by atoms with Gasteiger partial charge in [-0.15, -0.1) is 11.6 Å². The van der Waals surface area contributed by atoms with Crippen LogP contribution >= 0.6 is 11.6 Å². The lowest BCUT2D eigenvalue weighted by atomic mass is 10.2. The van der Waals surface area contributed by atoms with E-state index in [4.69, 9.17) is 16.3 Å². The number of alkyl halides is 1. The van der Waals surface area contributed by atoms with Gasteiger partial charge in [0.15, 0.2) is 0 Å². The predicted molar refractivity (Wildman–Crippen MR) is 81.0 cm³/mol. The lowest BCUT2D eigenvalue weighted by Gasteiger charge is -2.06. The average molecular weight is 307 g/mol. The summed E-state index contributed by atoms with van der Waals surface area (Å²) in [5.74, 6) is 6.34. The Hall–Kier alpha value is -1.99. The van der Waals surface area contributed by atoms with Gasteiger partial charge in [0, 0.05) is 43.6 Å². The van der Waals surface area contributed by atoms with E-state index in [1.165, 1.54) is 12.1 Å². The van der Waals surface area contributed by atoms with E-state index in [-0.39, 0.29) is 5.82 Å². The van der Waals surface area contributed by atoms with Gasteiger partial charge in [-0.1, -0.05) is 11.8 Å². The smallest absolute Gasteiger partial charge is 0.128 e. The Bertz CT molecular complexity index is 658. The molecule has 0 N–H and O–H groups in total. The molecule has 0 amide bonds. The minimum absolute atomic E-state index is 0.357. The Kier molecular flexibility index (Phi) is 5.65. The lowest BCUT2D eigenvalue weighted by molar-refractivity contribution is 0.320. The van der Waals surface area contributed by atoms with Crippen molar-refractivity contribution in [2.24, 2.45) is 7.05 Å². The first-order valence-electron chi connectivity index (χ1n) is 6.63. The van der Waals surface area contributed by atoms with Crippen molar-refractivity contribution < 1.29 is 9.13 Å². The number of ether oxygens (including phenoxy) is 1. The molecule has 21 heavy (non-hydrogen) atoms. The van der Waals surface area contributed by atoms with Crippen molar-refractivity contribution in [3.05, 3.63) is 47.5 Å². The highest BCUT2D eigenvalue weighted by Gasteiger charge is 2.02. The minimum Gasteiger partial charge on any atom is -0.493 e. The molecule has 0 aliphatic rings. The normalized spacial score (nSPS) is 10.0. The Morgan fingerprint density at radius 2 is 2.24 bits per heavy atom. The summed E-state index contributed by atoms with van der Waals surface area (Å²) in [6, 6.07) is 4.47. The molecule has 0 atom stereocenters. The van der Waals surface area contributed by atoms with Crippen molar-refractivity contribution in [3.8, 4) is 17.6 Å². The van der Waals surface area contributed by atoms with Gasteiger partial charge in [-0.25, -0.2) is 4.39 Å². The third kappa shape index (κ3) is 5.13. The molecule has 0 fully saturated rings. The molecule has 1 heterocycles. The molecule has 1 aromatic carbocycles. The average Bonchev–Trinajstić information content (AvgIpc) is 2.84. The quantitative estimate of drug-likeness (QED) is 0.627. The zero-order chi connectivity index (χ0) is 15.1. The molecule has 0 unspecified atom stereocenters. The van der Waals surface area contributed by atoms with E-state index in [0.717, 1.165) is 12.0 Å². The van der Waals surface area contributed by atoms with Gasteiger partial charge in [-0.3, -0.25) is 4.68 Å². The molecule has 2 rings (SSSR count). The maximum Gasteiger partial charge on any atom is 0.128 e. The second kappa shape index (κ2) is 7.70. The van der Waals surface area contributed by atoms with Crippen LogP contribution in [0.2, 0.25) is 0 Å². The molecular formula is C16H16ClFN2O. The van der Waals surface area contributed by atoms with E-state index in [0.29, 0.717) is 30.2 Å². The monoisotopic (exact) mass is 306 g/mol. The summed E-state index contributed by atoms with van der Waals surface area (Å²) in [7, 11) is 1.86. The van der Waals surface area contributed by atoms with Crippen LogP contribution in [-0.2, 0) is 13.5 Å². The molecule has 2 aromatic rings. The molecule has 0 aliphatic carbocycles. The Morgan fingerprint density at radius 1 is 1.38 bits per heavy atom. The summed E-state index contributed by atoms with van der Waals surface area (Å²) >= 11 is 5.55. The van der Waals surface area contributed by atoms with Crippen LogP contribution in [0.3, 0.4) is 0 Å². The number of benzene rings is 1. The van der Waals surface area contributed by atoms with Crippen LogP contribution < -0.4 is 4.74 Å². The number of nitrogens with zero attached hydrogens (tertiary/aromatic N) is 2. The van der Waals surface area contributed by atoms with Gasteiger partial charge in [0.1, 0.15) is 11.6 Å². The summed E-state index contributed by atoms with van der Waals surface area (Å²) in [4.78, 5) is 0. The maximum absolute atomic E-state index is 13.5. The lowest BCUT2D eigenvalue weighted by Crippen LogP contribution is -2.01. The van der Waals surface area contributed by atoms with Crippen molar-refractivity contribution in [2.45, 2.75) is 12.8 Å². The maximum atomic E-state index is 13.5. The Morgan fingerprint density at radius 3 is 2.95 bits per heavy atom. The van der Waals surface area contributed by atoms with Crippen molar-refractivity contribution in [1.29, 1.82) is 0 Å². The van der Waals surface area contributed by atoms with Crippen LogP contribution in [-0.4, -0.2) is 22.3 Å². The molecule has 5 heteroatoms. The Balaban J connectivity index is 1.95. The molecule has 1 aromatic heterocycles. The topological polar surface area (TPSA) is 27.1 Å². The van der Waals surface area contributed by atoms with Gasteiger partial charge in [0.25, 0.3) is 0 Å². The van der Waals surface area contributed by atoms with E-state index < -0.39 is 0 Å². The van der Waals surface area contributed by atoms with Crippen LogP contribution in [0.15, 0.2) is 30.6 Å². The highest BCUT2D eigenvalue weighted by Crippen LogP contribution is 2.16. The SMILES string of the molecule is Cn1cc(CCOc2cc(F)cc(C#CCCCl)c2)cn1. The predicted octanol–water partition coefficient (Wildman–Crippen LogP) is 3.16. The highest BCUT2D eigenvalue weighted by molar-refractivity contribution is 6.18. The summed E-state index contributed by atoms with van der Waals surface area (Å²) in [5, 5.41) is 4.08. The number of halogens is 2. The molecule has 0 bridgehead atoms. The van der Waals surface area contributed by atoms with Gasteiger partial charge >= 0.3 is 0 Å². The molecule has 0 radical (unpaired) electrons. The molecular weight excluding hydrogens is 291 g/mol. The van der Waals surface area contributed by atoms with Crippen molar-refractivity contribution in [2.75, 3.05) is 12.5 Å². The Labute approximate surface area is 128 Å². The van der Waals surface area contributed by atoms with Gasteiger partial charge < -0.3 is 4.74 Å². The van der Waals surface area contributed by atoms with E-state index in [9.17, 15) is 4.39 Å². The first kappa shape index (κ1) is 15.4. The molecule has 0 saturated heterocycles. The highest BCUT2D eigenvalue weighted by atomic mass is 35.5. The molecule has 0 saturated carbocycles. The zero-order valence-corrected chi connectivity index (χ0v) is 12.5. The fourth-order valence-corrected chi connectivity index (χ4v) is 1.91. The van der Waals surface area contributed by atoms with Crippen LogP contribution in [0.4, 0.5) is 4.39 Å². The van der Waals surface area contributed by atoms with E-state index in [1.54, 1.807) is 16.9 Å². The summed E-state index contributed by atoms with van der Waals surface area (Å²) in [6.07, 6.45) is 5.02. The van der Waals surface area contributed by atoms with Crippen molar-refractivity contribution in [1.82, 2.24) is 9.78 Å². The number of aromatic nitrogens is 2. The third-order valence-corrected chi connectivity index (χ3v) is 2.93. The molecule has 110 valence electrons. The van der Waals surface area contributed by atoms with Crippen LogP contribution in [0.25, 0.3) is 0 Å². The molecule has 0 aliphatic heterocycles. The molecule has 3 nitrogen and oxygen atoms in total. The van der Waals surface area contributed by atoms with E-state index >= 15 is 0 Å².